The van der Waals surface area contributed by atoms with Crippen LogP contribution in [0.5, 0.6) is 0 Å². The summed E-state index contributed by atoms with van der Waals surface area (Å²) in [6, 6.07) is 9.66. The summed E-state index contributed by atoms with van der Waals surface area (Å²) in [5.74, 6) is -0.0777. The third-order valence-electron chi connectivity index (χ3n) is 3.65. The number of benzene rings is 1. The lowest BCUT2D eigenvalue weighted by molar-refractivity contribution is 0.0526. The van der Waals surface area contributed by atoms with Crippen LogP contribution in [0.4, 0.5) is 11.8 Å². The predicted octanol–water partition coefficient (Wildman–Crippen LogP) is 1.78. The molecule has 0 spiro atoms. The summed E-state index contributed by atoms with van der Waals surface area (Å²) in [4.78, 5) is 20.6. The molecule has 0 saturated carbocycles. The van der Waals surface area contributed by atoms with E-state index < -0.39 is 16.0 Å². The normalized spacial score (nSPS) is 10.9. The van der Waals surface area contributed by atoms with Crippen molar-refractivity contribution < 1.29 is 17.9 Å². The average molecular weight is 420 g/mol. The van der Waals surface area contributed by atoms with E-state index in [1.807, 2.05) is 30.3 Å². The maximum Gasteiger partial charge on any atom is 0.343 e. The van der Waals surface area contributed by atoms with Gasteiger partial charge in [-0.1, -0.05) is 36.4 Å². The zero-order valence-corrected chi connectivity index (χ0v) is 17.0. The van der Waals surface area contributed by atoms with Crippen molar-refractivity contribution in [3.8, 4) is 0 Å². The number of sulfonamides is 1. The molecule has 1 aromatic carbocycles. The van der Waals surface area contributed by atoms with E-state index in [2.05, 4.69) is 31.9 Å². The zero-order chi connectivity index (χ0) is 21.1. The highest BCUT2D eigenvalue weighted by atomic mass is 32.2. The lowest BCUT2D eigenvalue weighted by Gasteiger charge is -2.12. The number of ether oxygens (including phenoxy) is 1. The first-order valence-corrected chi connectivity index (χ1v) is 10.7. The number of carbonyl (C=O) groups excluding carboxylic acids is 1. The van der Waals surface area contributed by atoms with Gasteiger partial charge in [0.25, 0.3) is 0 Å². The minimum atomic E-state index is -3.38. The number of anilines is 2. The minimum absolute atomic E-state index is 0.148. The van der Waals surface area contributed by atoms with E-state index in [0.717, 1.165) is 5.56 Å². The van der Waals surface area contributed by atoms with E-state index in [4.69, 9.17) is 4.74 Å². The Labute approximate surface area is 170 Å². The standard InChI is InChI=1S/C19H25N5O4S/c1-3-12-29(26,27)23-11-10-20-19-22-14-16(18(25)28-4-2)17(24-19)21-13-15-8-6-5-7-9-15/h3,5-9,14,23H,1,4,10-13H2,2H3,(H2,20,21,22,24). The maximum absolute atomic E-state index is 12.2. The molecule has 0 aliphatic heterocycles. The Morgan fingerprint density at radius 3 is 2.66 bits per heavy atom. The van der Waals surface area contributed by atoms with E-state index in [1.165, 1.54) is 12.3 Å². The molecule has 156 valence electrons. The number of nitrogens with one attached hydrogen (secondary N) is 3. The Hall–Kier alpha value is -2.98. The molecule has 2 rings (SSSR count). The van der Waals surface area contributed by atoms with Crippen molar-refractivity contribution in [3.63, 3.8) is 0 Å². The number of aromatic nitrogens is 2. The van der Waals surface area contributed by atoms with Gasteiger partial charge in [0.1, 0.15) is 11.4 Å². The number of rotatable bonds is 12. The van der Waals surface area contributed by atoms with Crippen LogP contribution < -0.4 is 15.4 Å². The molecule has 0 atom stereocenters. The van der Waals surface area contributed by atoms with Crippen LogP contribution in [-0.4, -0.2) is 49.8 Å². The van der Waals surface area contributed by atoms with Crippen LogP contribution in [0.1, 0.15) is 22.8 Å². The summed E-state index contributed by atoms with van der Waals surface area (Å²) in [7, 11) is -3.38. The van der Waals surface area contributed by atoms with Gasteiger partial charge in [0, 0.05) is 25.8 Å². The third-order valence-corrected chi connectivity index (χ3v) is 4.97. The molecule has 1 heterocycles. The monoisotopic (exact) mass is 419 g/mol. The molecule has 0 aliphatic rings. The molecule has 9 nitrogen and oxygen atoms in total. The first kappa shape index (κ1) is 22.3. The Morgan fingerprint density at radius 1 is 1.21 bits per heavy atom. The van der Waals surface area contributed by atoms with E-state index in [9.17, 15) is 13.2 Å². The SMILES string of the molecule is C=CCS(=O)(=O)NCCNc1ncc(C(=O)OCC)c(NCc2ccccc2)n1. The second-order valence-corrected chi connectivity index (χ2v) is 7.76. The Morgan fingerprint density at radius 2 is 1.97 bits per heavy atom. The van der Waals surface area contributed by atoms with Crippen LogP contribution >= 0.6 is 0 Å². The summed E-state index contributed by atoms with van der Waals surface area (Å²) in [5, 5.41) is 6.06. The molecule has 0 amide bonds. The molecule has 0 bridgehead atoms. The van der Waals surface area contributed by atoms with Gasteiger partial charge in [0.05, 0.1) is 12.4 Å². The summed E-state index contributed by atoms with van der Waals surface area (Å²) >= 11 is 0. The van der Waals surface area contributed by atoms with E-state index >= 15 is 0 Å². The topological polar surface area (TPSA) is 122 Å². The predicted molar refractivity (Wildman–Crippen MR) is 112 cm³/mol. The lowest BCUT2D eigenvalue weighted by atomic mass is 10.2. The van der Waals surface area contributed by atoms with Crippen molar-refractivity contribution in [2.75, 3.05) is 36.1 Å². The van der Waals surface area contributed by atoms with Gasteiger partial charge in [-0.2, -0.15) is 4.98 Å². The van der Waals surface area contributed by atoms with Gasteiger partial charge in [-0.25, -0.2) is 22.9 Å². The van der Waals surface area contributed by atoms with E-state index in [1.54, 1.807) is 6.92 Å². The Bertz CT molecular complexity index is 919. The molecule has 0 aliphatic carbocycles. The summed E-state index contributed by atoms with van der Waals surface area (Å²) in [6.07, 6.45) is 2.69. The second-order valence-electron chi connectivity index (χ2n) is 5.91. The zero-order valence-electron chi connectivity index (χ0n) is 16.2. The van der Waals surface area contributed by atoms with Crippen molar-refractivity contribution in [1.82, 2.24) is 14.7 Å². The largest absolute Gasteiger partial charge is 0.462 e. The van der Waals surface area contributed by atoms with Gasteiger partial charge >= 0.3 is 5.97 Å². The minimum Gasteiger partial charge on any atom is -0.462 e. The van der Waals surface area contributed by atoms with Crippen LogP contribution in [0.3, 0.4) is 0 Å². The van der Waals surface area contributed by atoms with Gasteiger partial charge in [-0.05, 0) is 12.5 Å². The van der Waals surface area contributed by atoms with E-state index in [-0.39, 0.29) is 37.0 Å². The summed E-state index contributed by atoms with van der Waals surface area (Å²) in [5.41, 5.74) is 1.24. The van der Waals surface area contributed by atoms with Crippen molar-refractivity contribution in [2.24, 2.45) is 0 Å². The fraction of sp³-hybridized carbons (Fsp3) is 0.316. The number of hydrogen-bond acceptors (Lipinski definition) is 8. The quantitative estimate of drug-likeness (QED) is 0.270. The van der Waals surface area contributed by atoms with Crippen LogP contribution in [0, 0.1) is 0 Å². The molecule has 1 aromatic heterocycles. The highest BCUT2D eigenvalue weighted by Crippen LogP contribution is 2.16. The fourth-order valence-corrected chi connectivity index (χ4v) is 3.18. The molecular formula is C19H25N5O4S. The first-order chi connectivity index (χ1) is 13.9. The number of hydrogen-bond donors (Lipinski definition) is 3. The van der Waals surface area contributed by atoms with Crippen LogP contribution in [0.25, 0.3) is 0 Å². The molecule has 29 heavy (non-hydrogen) atoms. The van der Waals surface area contributed by atoms with Gasteiger partial charge in [-0.3, -0.25) is 0 Å². The van der Waals surface area contributed by atoms with Gasteiger partial charge in [0.15, 0.2) is 0 Å². The van der Waals surface area contributed by atoms with Crippen LogP contribution in [-0.2, 0) is 21.3 Å². The number of esters is 1. The maximum atomic E-state index is 12.2. The van der Waals surface area contributed by atoms with E-state index in [0.29, 0.717) is 12.4 Å². The molecule has 0 saturated heterocycles. The van der Waals surface area contributed by atoms with Gasteiger partial charge in [-0.15, -0.1) is 6.58 Å². The van der Waals surface area contributed by atoms with Crippen LogP contribution in [0.15, 0.2) is 49.2 Å². The van der Waals surface area contributed by atoms with Gasteiger partial charge in [0.2, 0.25) is 16.0 Å². The first-order valence-electron chi connectivity index (χ1n) is 9.09. The lowest BCUT2D eigenvalue weighted by Crippen LogP contribution is -2.30. The molecule has 0 unspecified atom stereocenters. The molecule has 2 aromatic rings. The highest BCUT2D eigenvalue weighted by Gasteiger charge is 2.16. The number of nitrogens with zero attached hydrogens (tertiary/aromatic N) is 2. The van der Waals surface area contributed by atoms with Gasteiger partial charge < -0.3 is 15.4 Å². The average Bonchev–Trinajstić information content (AvgIpc) is 2.70. The molecule has 3 N–H and O–H groups in total. The van der Waals surface area contributed by atoms with Crippen molar-refractivity contribution in [1.29, 1.82) is 0 Å². The number of carbonyl (C=O) groups is 1. The molecule has 10 heteroatoms. The summed E-state index contributed by atoms with van der Waals surface area (Å²) in [6.45, 7) is 6.26. The van der Waals surface area contributed by atoms with Crippen molar-refractivity contribution in [3.05, 3.63) is 60.3 Å². The molecule has 0 fully saturated rings. The second kappa shape index (κ2) is 11.1. The smallest absolute Gasteiger partial charge is 0.343 e. The summed E-state index contributed by atoms with van der Waals surface area (Å²) < 4.78 is 30.7. The molecule has 0 radical (unpaired) electrons. The Kier molecular flexibility index (Phi) is 8.56. The van der Waals surface area contributed by atoms with Crippen LogP contribution in [0.2, 0.25) is 0 Å². The molecular weight excluding hydrogens is 394 g/mol. The third kappa shape index (κ3) is 7.51. The Balaban J connectivity index is 2.05. The van der Waals surface area contributed by atoms with Crippen molar-refractivity contribution >= 4 is 27.8 Å². The van der Waals surface area contributed by atoms with Crippen molar-refractivity contribution in [2.45, 2.75) is 13.5 Å². The fourth-order valence-electron chi connectivity index (χ4n) is 2.34. The highest BCUT2D eigenvalue weighted by molar-refractivity contribution is 7.89.